The predicted molar refractivity (Wildman–Crippen MR) is 77.6 cm³/mol. The van der Waals surface area contributed by atoms with E-state index in [2.05, 4.69) is 42.7 Å². The Hall–Kier alpha value is -1.32. The summed E-state index contributed by atoms with van der Waals surface area (Å²) in [7, 11) is 1.73. The molecule has 0 aliphatic carbocycles. The van der Waals surface area contributed by atoms with Crippen LogP contribution in [0.3, 0.4) is 0 Å². The Labute approximate surface area is 113 Å². The van der Waals surface area contributed by atoms with Gasteiger partial charge in [0.15, 0.2) is 0 Å². The van der Waals surface area contributed by atoms with Crippen molar-refractivity contribution in [2.45, 2.75) is 19.9 Å². The monoisotopic (exact) mass is 261 g/mol. The van der Waals surface area contributed by atoms with Gasteiger partial charge in [-0.1, -0.05) is 25.1 Å². The molecule has 0 saturated heterocycles. The van der Waals surface area contributed by atoms with E-state index in [1.807, 2.05) is 12.1 Å². The van der Waals surface area contributed by atoms with Gasteiger partial charge in [-0.05, 0) is 36.5 Å². The summed E-state index contributed by atoms with van der Waals surface area (Å²) < 4.78 is 5.48. The van der Waals surface area contributed by atoms with Crippen molar-refractivity contribution < 1.29 is 4.74 Å². The predicted octanol–water partition coefficient (Wildman–Crippen LogP) is 3.76. The third-order valence-electron chi connectivity index (χ3n) is 3.02. The molecule has 0 aliphatic rings. The highest BCUT2D eigenvalue weighted by Crippen LogP contribution is 2.34. The number of thiophene rings is 1. The molecule has 2 rings (SSSR count). The normalized spacial score (nSPS) is 12.4. The number of hydrogen-bond donors (Lipinski definition) is 1. The van der Waals surface area contributed by atoms with Gasteiger partial charge >= 0.3 is 0 Å². The van der Waals surface area contributed by atoms with Crippen LogP contribution < -0.4 is 10.1 Å². The molecule has 1 atom stereocenters. The van der Waals surface area contributed by atoms with Crippen molar-refractivity contribution in [1.82, 2.24) is 5.32 Å². The summed E-state index contributed by atoms with van der Waals surface area (Å²) in [4.78, 5) is 1.36. The minimum Gasteiger partial charge on any atom is -0.496 e. The summed E-state index contributed by atoms with van der Waals surface area (Å²) >= 11 is 1.79. The molecule has 18 heavy (non-hydrogen) atoms. The molecule has 1 unspecified atom stereocenters. The second kappa shape index (κ2) is 6.03. The first kappa shape index (κ1) is 13.1. The third kappa shape index (κ3) is 2.57. The average Bonchev–Trinajstić information content (AvgIpc) is 2.82. The third-order valence-corrected chi connectivity index (χ3v) is 4.11. The van der Waals surface area contributed by atoms with Gasteiger partial charge in [-0.2, -0.15) is 0 Å². The topological polar surface area (TPSA) is 21.3 Å². The lowest BCUT2D eigenvalue weighted by Gasteiger charge is -2.20. The van der Waals surface area contributed by atoms with Crippen LogP contribution in [0, 0.1) is 6.92 Å². The van der Waals surface area contributed by atoms with E-state index in [0.29, 0.717) is 0 Å². The van der Waals surface area contributed by atoms with Crippen molar-refractivity contribution in [3.8, 4) is 5.75 Å². The molecular weight excluding hydrogens is 242 g/mol. The summed E-state index contributed by atoms with van der Waals surface area (Å²) in [5, 5.41) is 5.69. The summed E-state index contributed by atoms with van der Waals surface area (Å²) in [5.74, 6) is 0.941. The van der Waals surface area contributed by atoms with E-state index in [4.69, 9.17) is 4.74 Å². The fraction of sp³-hybridized carbons (Fsp3) is 0.333. The molecule has 0 amide bonds. The molecule has 0 fully saturated rings. The minimum atomic E-state index is 0.214. The first-order chi connectivity index (χ1) is 8.77. The molecule has 1 N–H and O–H groups in total. The van der Waals surface area contributed by atoms with Gasteiger partial charge in [-0.15, -0.1) is 11.3 Å². The van der Waals surface area contributed by atoms with Crippen molar-refractivity contribution >= 4 is 11.3 Å². The van der Waals surface area contributed by atoms with E-state index in [-0.39, 0.29) is 6.04 Å². The van der Waals surface area contributed by atoms with Gasteiger partial charge < -0.3 is 10.1 Å². The van der Waals surface area contributed by atoms with Crippen LogP contribution >= 0.6 is 11.3 Å². The molecule has 1 heterocycles. The van der Waals surface area contributed by atoms with Crippen molar-refractivity contribution in [1.29, 1.82) is 0 Å². The first-order valence-electron chi connectivity index (χ1n) is 6.18. The van der Waals surface area contributed by atoms with Crippen molar-refractivity contribution in [2.75, 3.05) is 13.7 Å². The molecule has 96 valence electrons. The molecule has 0 saturated carbocycles. The lowest BCUT2D eigenvalue weighted by molar-refractivity contribution is 0.404. The number of aryl methyl sites for hydroxylation is 1. The Bertz CT molecular complexity index is 507. The van der Waals surface area contributed by atoms with Gasteiger partial charge in [-0.3, -0.25) is 0 Å². The lowest BCUT2D eigenvalue weighted by atomic mass is 10.0. The molecule has 3 heteroatoms. The van der Waals surface area contributed by atoms with Crippen molar-refractivity contribution in [2.24, 2.45) is 0 Å². The second-order valence-electron chi connectivity index (χ2n) is 4.20. The van der Waals surface area contributed by atoms with Crippen LogP contribution in [0.15, 0.2) is 35.7 Å². The number of nitrogens with one attached hydrogen (secondary N) is 1. The Morgan fingerprint density at radius 2 is 2.06 bits per heavy atom. The largest absolute Gasteiger partial charge is 0.496 e. The second-order valence-corrected chi connectivity index (χ2v) is 5.15. The maximum absolute atomic E-state index is 5.48. The smallest absolute Gasteiger partial charge is 0.124 e. The van der Waals surface area contributed by atoms with E-state index in [0.717, 1.165) is 12.3 Å². The fourth-order valence-corrected chi connectivity index (χ4v) is 3.15. The Kier molecular flexibility index (Phi) is 4.39. The minimum absolute atomic E-state index is 0.214. The Morgan fingerprint density at radius 1 is 1.28 bits per heavy atom. The molecule has 2 nitrogen and oxygen atoms in total. The molecular formula is C15H19NOS. The Morgan fingerprint density at radius 3 is 2.67 bits per heavy atom. The van der Waals surface area contributed by atoms with Crippen LogP contribution in [-0.4, -0.2) is 13.7 Å². The van der Waals surface area contributed by atoms with Gasteiger partial charge in [0.25, 0.3) is 0 Å². The van der Waals surface area contributed by atoms with Crippen LogP contribution in [0.5, 0.6) is 5.75 Å². The first-order valence-corrected chi connectivity index (χ1v) is 7.06. The molecule has 1 aromatic carbocycles. The van der Waals surface area contributed by atoms with Crippen molar-refractivity contribution in [3.05, 3.63) is 51.7 Å². The number of ether oxygens (including phenoxy) is 1. The highest BCUT2D eigenvalue weighted by Gasteiger charge is 2.19. The number of benzene rings is 1. The molecule has 2 aromatic rings. The van der Waals surface area contributed by atoms with E-state index >= 15 is 0 Å². The summed E-state index contributed by atoms with van der Waals surface area (Å²) in [5.41, 5.74) is 2.53. The fourth-order valence-electron chi connectivity index (χ4n) is 2.13. The zero-order chi connectivity index (χ0) is 13.0. The average molecular weight is 261 g/mol. The number of para-hydroxylation sites is 1. The van der Waals surface area contributed by atoms with Gasteiger partial charge in [0.1, 0.15) is 5.75 Å². The summed E-state index contributed by atoms with van der Waals surface area (Å²) in [6, 6.07) is 10.6. The zero-order valence-electron chi connectivity index (χ0n) is 11.1. The van der Waals surface area contributed by atoms with Crippen LogP contribution in [-0.2, 0) is 0 Å². The standard InChI is InChI=1S/C15H19NOS/c1-4-16-14(15-11(2)9-10-18-15)12-7-5-6-8-13(12)17-3/h5-10,14,16H,4H2,1-3H3. The lowest BCUT2D eigenvalue weighted by Crippen LogP contribution is -2.22. The van der Waals surface area contributed by atoms with Gasteiger partial charge in [0.2, 0.25) is 0 Å². The van der Waals surface area contributed by atoms with E-state index in [1.54, 1.807) is 18.4 Å². The summed E-state index contributed by atoms with van der Waals surface area (Å²) in [6.45, 7) is 5.22. The number of rotatable bonds is 5. The maximum atomic E-state index is 5.48. The van der Waals surface area contributed by atoms with Gasteiger partial charge in [0, 0.05) is 10.4 Å². The quantitative estimate of drug-likeness (QED) is 0.884. The summed E-state index contributed by atoms with van der Waals surface area (Å²) in [6.07, 6.45) is 0. The molecule has 1 aromatic heterocycles. The van der Waals surface area contributed by atoms with Crippen molar-refractivity contribution in [3.63, 3.8) is 0 Å². The Balaban J connectivity index is 2.45. The highest BCUT2D eigenvalue weighted by molar-refractivity contribution is 7.10. The van der Waals surface area contributed by atoms with E-state index in [1.165, 1.54) is 16.0 Å². The number of hydrogen-bond acceptors (Lipinski definition) is 3. The highest BCUT2D eigenvalue weighted by atomic mass is 32.1. The molecule has 0 aliphatic heterocycles. The molecule has 0 spiro atoms. The SMILES string of the molecule is CCNC(c1ccccc1OC)c1sccc1C. The zero-order valence-corrected chi connectivity index (χ0v) is 11.9. The van der Waals surface area contributed by atoms with Crippen LogP contribution in [0.25, 0.3) is 0 Å². The van der Waals surface area contributed by atoms with Crippen LogP contribution in [0.2, 0.25) is 0 Å². The van der Waals surface area contributed by atoms with Gasteiger partial charge in [-0.25, -0.2) is 0 Å². The van der Waals surface area contributed by atoms with Crippen LogP contribution in [0.1, 0.15) is 29.0 Å². The molecule has 0 bridgehead atoms. The van der Waals surface area contributed by atoms with Gasteiger partial charge in [0.05, 0.1) is 13.2 Å². The molecule has 0 radical (unpaired) electrons. The maximum Gasteiger partial charge on any atom is 0.124 e. The number of methoxy groups -OCH3 is 1. The van der Waals surface area contributed by atoms with Crippen LogP contribution in [0.4, 0.5) is 0 Å². The van der Waals surface area contributed by atoms with E-state index < -0.39 is 0 Å². The van der Waals surface area contributed by atoms with E-state index in [9.17, 15) is 0 Å².